The summed E-state index contributed by atoms with van der Waals surface area (Å²) < 4.78 is 4.65. The van der Waals surface area contributed by atoms with Gasteiger partial charge >= 0.3 is 5.97 Å². The van der Waals surface area contributed by atoms with Crippen LogP contribution in [0.3, 0.4) is 0 Å². The first kappa shape index (κ1) is 20.7. The Bertz CT molecular complexity index is 549. The highest BCUT2D eigenvalue weighted by Crippen LogP contribution is 2.18. The predicted molar refractivity (Wildman–Crippen MR) is 108 cm³/mol. The number of benzene rings is 1. The molecule has 2 rings (SSSR count). The first-order valence-electron chi connectivity index (χ1n) is 8.41. The third kappa shape index (κ3) is 6.30. The van der Waals surface area contributed by atoms with Gasteiger partial charge in [-0.15, -0.1) is 24.0 Å². The molecule has 0 aromatic heterocycles. The number of unbranched alkanes of at least 4 members (excludes halogenated alkanes) is 1. The molecule has 24 heavy (non-hydrogen) atoms. The molecule has 1 aromatic carbocycles. The molecular formula is C18H28IN3O2. The maximum atomic E-state index is 11.1. The number of guanidine groups is 1. The van der Waals surface area contributed by atoms with Crippen molar-refractivity contribution in [2.45, 2.75) is 39.2 Å². The zero-order chi connectivity index (χ0) is 16.5. The molecule has 1 aliphatic heterocycles. The van der Waals surface area contributed by atoms with E-state index in [9.17, 15) is 4.79 Å². The molecule has 1 heterocycles. The lowest BCUT2D eigenvalue weighted by molar-refractivity contribution is -0.140. The molecule has 0 spiro atoms. The second kappa shape index (κ2) is 11.3. The van der Waals surface area contributed by atoms with Crippen LogP contribution in [0, 0.1) is 0 Å². The highest BCUT2D eigenvalue weighted by molar-refractivity contribution is 14.0. The highest BCUT2D eigenvalue weighted by atomic mass is 127. The number of nitrogens with zero attached hydrogens (tertiary/aromatic N) is 2. The average Bonchev–Trinajstić information content (AvgIpc) is 2.59. The number of fused-ring (bicyclic) bond motifs is 1. The number of halogens is 1. The van der Waals surface area contributed by atoms with E-state index in [4.69, 9.17) is 4.99 Å². The fourth-order valence-electron chi connectivity index (χ4n) is 2.77. The van der Waals surface area contributed by atoms with Gasteiger partial charge in [0.1, 0.15) is 0 Å². The van der Waals surface area contributed by atoms with Gasteiger partial charge in [0.05, 0.1) is 7.11 Å². The van der Waals surface area contributed by atoms with E-state index >= 15 is 0 Å². The number of rotatable bonds is 6. The van der Waals surface area contributed by atoms with Crippen molar-refractivity contribution >= 4 is 35.9 Å². The van der Waals surface area contributed by atoms with E-state index < -0.39 is 0 Å². The first-order chi connectivity index (χ1) is 11.2. The van der Waals surface area contributed by atoms with Crippen LogP contribution in [0.5, 0.6) is 0 Å². The minimum Gasteiger partial charge on any atom is -0.469 e. The van der Waals surface area contributed by atoms with Crippen LogP contribution in [0.15, 0.2) is 29.3 Å². The molecule has 0 bridgehead atoms. The molecule has 0 saturated heterocycles. The molecule has 0 saturated carbocycles. The van der Waals surface area contributed by atoms with Gasteiger partial charge < -0.3 is 15.0 Å². The molecule has 0 fully saturated rings. The lowest BCUT2D eigenvalue weighted by atomic mass is 10.0. The first-order valence-corrected chi connectivity index (χ1v) is 8.41. The largest absolute Gasteiger partial charge is 0.469 e. The van der Waals surface area contributed by atoms with Crippen LogP contribution in [-0.4, -0.2) is 43.6 Å². The van der Waals surface area contributed by atoms with Crippen molar-refractivity contribution in [2.24, 2.45) is 4.99 Å². The van der Waals surface area contributed by atoms with Crippen LogP contribution in [0.1, 0.15) is 37.3 Å². The number of carbonyl (C=O) groups excluding carboxylic acids is 1. The second-order valence-corrected chi connectivity index (χ2v) is 5.71. The molecule has 0 aliphatic carbocycles. The molecule has 134 valence electrons. The molecule has 0 amide bonds. The summed E-state index contributed by atoms with van der Waals surface area (Å²) in [5.41, 5.74) is 2.83. The fraction of sp³-hybridized carbons (Fsp3) is 0.556. The van der Waals surface area contributed by atoms with Crippen molar-refractivity contribution in [2.75, 3.05) is 26.7 Å². The van der Waals surface area contributed by atoms with Crippen LogP contribution < -0.4 is 5.32 Å². The van der Waals surface area contributed by atoms with Crippen LogP contribution >= 0.6 is 24.0 Å². The van der Waals surface area contributed by atoms with Crippen molar-refractivity contribution in [1.29, 1.82) is 0 Å². The number of carbonyl (C=O) groups is 1. The van der Waals surface area contributed by atoms with Gasteiger partial charge in [0.15, 0.2) is 5.96 Å². The third-order valence-corrected chi connectivity index (χ3v) is 4.04. The van der Waals surface area contributed by atoms with E-state index in [0.29, 0.717) is 6.42 Å². The van der Waals surface area contributed by atoms with E-state index in [-0.39, 0.29) is 29.9 Å². The molecular weight excluding hydrogens is 417 g/mol. The Morgan fingerprint density at radius 2 is 2.04 bits per heavy atom. The Labute approximate surface area is 161 Å². The molecule has 0 unspecified atom stereocenters. The van der Waals surface area contributed by atoms with Gasteiger partial charge in [0.25, 0.3) is 0 Å². The summed E-state index contributed by atoms with van der Waals surface area (Å²) >= 11 is 0. The maximum Gasteiger partial charge on any atom is 0.305 e. The topological polar surface area (TPSA) is 53.9 Å². The van der Waals surface area contributed by atoms with E-state index in [1.807, 2.05) is 0 Å². The summed E-state index contributed by atoms with van der Waals surface area (Å²) in [6.07, 6.45) is 3.25. The Morgan fingerprint density at radius 3 is 2.75 bits per heavy atom. The number of nitrogens with one attached hydrogen (secondary N) is 1. The zero-order valence-corrected chi connectivity index (χ0v) is 16.9. The maximum absolute atomic E-state index is 11.1. The highest BCUT2D eigenvalue weighted by Gasteiger charge is 2.18. The SMILES string of the molecule is CCNC(=NCCCCC(=O)OC)N1CCc2ccccc2C1.I. The van der Waals surface area contributed by atoms with Crippen molar-refractivity contribution in [3.63, 3.8) is 0 Å². The number of aliphatic imine (C=N–C) groups is 1. The van der Waals surface area contributed by atoms with Gasteiger partial charge in [-0.1, -0.05) is 24.3 Å². The van der Waals surface area contributed by atoms with E-state index in [1.165, 1.54) is 18.2 Å². The van der Waals surface area contributed by atoms with Crippen molar-refractivity contribution < 1.29 is 9.53 Å². The lowest BCUT2D eigenvalue weighted by Crippen LogP contribution is -2.44. The van der Waals surface area contributed by atoms with Crippen LogP contribution in [0.25, 0.3) is 0 Å². The Morgan fingerprint density at radius 1 is 1.29 bits per heavy atom. The Hall–Kier alpha value is -1.31. The molecule has 0 atom stereocenters. The summed E-state index contributed by atoms with van der Waals surface area (Å²) in [5.74, 6) is 0.827. The van der Waals surface area contributed by atoms with Gasteiger partial charge in [-0.3, -0.25) is 9.79 Å². The lowest BCUT2D eigenvalue weighted by Gasteiger charge is -2.31. The summed E-state index contributed by atoms with van der Waals surface area (Å²) in [5, 5.41) is 3.38. The third-order valence-electron chi connectivity index (χ3n) is 4.04. The summed E-state index contributed by atoms with van der Waals surface area (Å²) in [7, 11) is 1.43. The molecule has 1 N–H and O–H groups in total. The molecule has 0 radical (unpaired) electrons. The van der Waals surface area contributed by atoms with Crippen molar-refractivity contribution in [3.8, 4) is 0 Å². The number of esters is 1. The van der Waals surface area contributed by atoms with Crippen LogP contribution in [0.2, 0.25) is 0 Å². The van der Waals surface area contributed by atoms with E-state index in [1.54, 1.807) is 0 Å². The zero-order valence-electron chi connectivity index (χ0n) is 14.6. The van der Waals surface area contributed by atoms with Crippen molar-refractivity contribution in [3.05, 3.63) is 35.4 Å². The van der Waals surface area contributed by atoms with Gasteiger partial charge in [-0.2, -0.15) is 0 Å². The number of ether oxygens (including phenoxy) is 1. The fourth-order valence-corrected chi connectivity index (χ4v) is 2.77. The van der Waals surface area contributed by atoms with E-state index in [0.717, 1.165) is 51.4 Å². The van der Waals surface area contributed by atoms with Crippen LogP contribution in [-0.2, 0) is 22.5 Å². The molecule has 5 nitrogen and oxygen atoms in total. The van der Waals surface area contributed by atoms with Gasteiger partial charge in [0, 0.05) is 32.6 Å². The average molecular weight is 445 g/mol. The number of hydrogen-bond donors (Lipinski definition) is 1. The van der Waals surface area contributed by atoms with Crippen molar-refractivity contribution in [1.82, 2.24) is 10.2 Å². The minimum absolute atomic E-state index is 0. The summed E-state index contributed by atoms with van der Waals surface area (Å²) in [6.45, 7) is 5.58. The van der Waals surface area contributed by atoms with Gasteiger partial charge in [0.2, 0.25) is 0 Å². The summed E-state index contributed by atoms with van der Waals surface area (Å²) in [6, 6.07) is 8.61. The standard InChI is InChI=1S/C18H27N3O2.HI/c1-3-19-18(20-12-7-6-10-17(22)23-2)21-13-11-15-8-4-5-9-16(15)14-21;/h4-5,8-9H,3,6-7,10-14H2,1-2H3,(H,19,20);1H. The predicted octanol–water partition coefficient (Wildman–Crippen LogP) is 2.97. The van der Waals surface area contributed by atoms with Gasteiger partial charge in [-0.25, -0.2) is 0 Å². The minimum atomic E-state index is -0.145. The number of methoxy groups -OCH3 is 1. The Kier molecular flexibility index (Phi) is 9.75. The molecule has 1 aromatic rings. The van der Waals surface area contributed by atoms with Crippen LogP contribution in [0.4, 0.5) is 0 Å². The summed E-state index contributed by atoms with van der Waals surface area (Å²) in [4.78, 5) is 18.1. The second-order valence-electron chi connectivity index (χ2n) is 5.71. The van der Waals surface area contributed by atoms with Gasteiger partial charge in [-0.05, 0) is 37.3 Å². The molecule has 6 heteroatoms. The quantitative estimate of drug-likeness (QED) is 0.241. The molecule has 1 aliphatic rings. The monoisotopic (exact) mass is 445 g/mol. The van der Waals surface area contributed by atoms with E-state index in [2.05, 4.69) is 46.1 Å². The Balaban J connectivity index is 0.00000288. The number of hydrogen-bond acceptors (Lipinski definition) is 3. The smallest absolute Gasteiger partial charge is 0.305 e. The normalized spacial score (nSPS) is 13.8.